The van der Waals surface area contributed by atoms with Crippen LogP contribution >= 0.6 is 27.5 Å². The third-order valence-electron chi connectivity index (χ3n) is 2.30. The van der Waals surface area contributed by atoms with E-state index in [1.165, 1.54) is 18.2 Å². The van der Waals surface area contributed by atoms with E-state index in [0.717, 1.165) is 4.47 Å². The highest BCUT2D eigenvalue weighted by molar-refractivity contribution is 9.10. The van der Waals surface area contributed by atoms with Gasteiger partial charge in [0, 0.05) is 10.2 Å². The summed E-state index contributed by atoms with van der Waals surface area (Å²) in [5.74, 6) is -0.362. The Labute approximate surface area is 118 Å². The SMILES string of the molecule is O=C(Nc1ccc(Br)cc1)c1cc(O)ccc1Cl. The van der Waals surface area contributed by atoms with E-state index in [9.17, 15) is 9.90 Å². The summed E-state index contributed by atoms with van der Waals surface area (Å²) < 4.78 is 0.927. The maximum atomic E-state index is 12.0. The summed E-state index contributed by atoms with van der Waals surface area (Å²) in [6.45, 7) is 0. The Morgan fingerprint density at radius 2 is 1.83 bits per heavy atom. The van der Waals surface area contributed by atoms with Crippen molar-refractivity contribution in [3.8, 4) is 5.75 Å². The highest BCUT2D eigenvalue weighted by Crippen LogP contribution is 2.22. The van der Waals surface area contributed by atoms with Gasteiger partial charge in [0.05, 0.1) is 10.6 Å². The molecule has 0 aliphatic carbocycles. The molecule has 0 bridgehead atoms. The maximum absolute atomic E-state index is 12.0. The number of hydrogen-bond donors (Lipinski definition) is 2. The first-order valence-corrected chi connectivity index (χ1v) is 6.29. The zero-order valence-corrected chi connectivity index (χ0v) is 11.5. The topological polar surface area (TPSA) is 49.3 Å². The van der Waals surface area contributed by atoms with E-state index in [1.54, 1.807) is 12.1 Å². The first-order valence-electron chi connectivity index (χ1n) is 5.12. The predicted molar refractivity (Wildman–Crippen MR) is 75.2 cm³/mol. The van der Waals surface area contributed by atoms with Crippen LogP contribution in [-0.2, 0) is 0 Å². The first kappa shape index (κ1) is 12.9. The summed E-state index contributed by atoms with van der Waals surface area (Å²) in [4.78, 5) is 12.0. The molecule has 0 saturated carbocycles. The Hall–Kier alpha value is -1.52. The van der Waals surface area contributed by atoms with E-state index < -0.39 is 0 Å². The highest BCUT2D eigenvalue weighted by atomic mass is 79.9. The fourth-order valence-corrected chi connectivity index (χ4v) is 1.89. The molecule has 0 heterocycles. The number of phenolic OH excluding ortho intramolecular Hbond substituents is 1. The minimum absolute atomic E-state index is 0.000330. The second-order valence-corrected chi connectivity index (χ2v) is 4.95. The largest absolute Gasteiger partial charge is 0.508 e. The molecule has 2 rings (SSSR count). The molecule has 3 nitrogen and oxygen atoms in total. The van der Waals surface area contributed by atoms with Gasteiger partial charge in [0.1, 0.15) is 5.75 Å². The van der Waals surface area contributed by atoms with Crippen molar-refractivity contribution >= 4 is 39.1 Å². The number of benzene rings is 2. The van der Waals surface area contributed by atoms with E-state index in [0.29, 0.717) is 10.7 Å². The molecule has 0 aromatic heterocycles. The van der Waals surface area contributed by atoms with Crippen molar-refractivity contribution in [3.05, 3.63) is 57.5 Å². The van der Waals surface area contributed by atoms with Crippen LogP contribution in [-0.4, -0.2) is 11.0 Å². The van der Waals surface area contributed by atoms with Crippen LogP contribution in [0.2, 0.25) is 5.02 Å². The summed E-state index contributed by atoms with van der Waals surface area (Å²) in [5.41, 5.74) is 0.891. The molecule has 0 saturated heterocycles. The van der Waals surface area contributed by atoms with Crippen LogP contribution < -0.4 is 5.32 Å². The molecule has 0 aliphatic heterocycles. The number of halogens is 2. The van der Waals surface area contributed by atoms with Crippen molar-refractivity contribution in [2.45, 2.75) is 0 Å². The van der Waals surface area contributed by atoms with Crippen LogP contribution in [0.4, 0.5) is 5.69 Å². The average Bonchev–Trinajstić information content (AvgIpc) is 2.35. The van der Waals surface area contributed by atoms with Crippen LogP contribution in [0, 0.1) is 0 Å². The molecule has 5 heteroatoms. The molecule has 1 amide bonds. The number of rotatable bonds is 2. The van der Waals surface area contributed by atoms with Crippen molar-refractivity contribution in [2.75, 3.05) is 5.32 Å². The van der Waals surface area contributed by atoms with Crippen molar-refractivity contribution in [1.29, 1.82) is 0 Å². The van der Waals surface area contributed by atoms with Gasteiger partial charge in [-0.1, -0.05) is 27.5 Å². The van der Waals surface area contributed by atoms with E-state index in [-0.39, 0.29) is 17.2 Å². The number of aromatic hydroxyl groups is 1. The summed E-state index contributed by atoms with van der Waals surface area (Å²) in [6.07, 6.45) is 0. The van der Waals surface area contributed by atoms with Gasteiger partial charge in [-0.3, -0.25) is 4.79 Å². The maximum Gasteiger partial charge on any atom is 0.257 e. The van der Waals surface area contributed by atoms with E-state index in [4.69, 9.17) is 11.6 Å². The number of carbonyl (C=O) groups excluding carboxylic acids is 1. The van der Waals surface area contributed by atoms with Crippen molar-refractivity contribution in [3.63, 3.8) is 0 Å². The molecule has 2 aromatic rings. The van der Waals surface area contributed by atoms with Crippen LogP contribution in [0.25, 0.3) is 0 Å². The van der Waals surface area contributed by atoms with Crippen molar-refractivity contribution in [1.82, 2.24) is 0 Å². The summed E-state index contributed by atoms with van der Waals surface area (Å²) in [7, 11) is 0. The molecule has 0 unspecified atom stereocenters. The fraction of sp³-hybridized carbons (Fsp3) is 0. The minimum atomic E-state index is -0.363. The molecule has 0 radical (unpaired) electrons. The van der Waals surface area contributed by atoms with E-state index >= 15 is 0 Å². The zero-order chi connectivity index (χ0) is 13.1. The van der Waals surface area contributed by atoms with Gasteiger partial charge < -0.3 is 10.4 Å². The first-order chi connectivity index (χ1) is 8.56. The second-order valence-electron chi connectivity index (χ2n) is 3.63. The number of nitrogens with one attached hydrogen (secondary N) is 1. The minimum Gasteiger partial charge on any atom is -0.508 e. The Balaban J connectivity index is 2.21. The standard InChI is InChI=1S/C13H9BrClNO2/c14-8-1-3-9(4-2-8)16-13(18)11-7-10(17)5-6-12(11)15/h1-7,17H,(H,16,18). The van der Waals surface area contributed by atoms with Crippen molar-refractivity contribution in [2.24, 2.45) is 0 Å². The van der Waals surface area contributed by atoms with Crippen LogP contribution in [0.15, 0.2) is 46.9 Å². The Morgan fingerprint density at radius 1 is 1.17 bits per heavy atom. The van der Waals surface area contributed by atoms with Crippen LogP contribution in [0.5, 0.6) is 5.75 Å². The molecular formula is C13H9BrClNO2. The molecule has 0 atom stereocenters. The van der Waals surface area contributed by atoms with Gasteiger partial charge in [0.25, 0.3) is 5.91 Å². The van der Waals surface area contributed by atoms with Crippen LogP contribution in [0.3, 0.4) is 0 Å². The summed E-state index contributed by atoms with van der Waals surface area (Å²) in [6, 6.07) is 11.4. The smallest absolute Gasteiger partial charge is 0.257 e. The Bertz CT molecular complexity index is 584. The van der Waals surface area contributed by atoms with Gasteiger partial charge in [0.15, 0.2) is 0 Å². The van der Waals surface area contributed by atoms with E-state index in [2.05, 4.69) is 21.2 Å². The number of phenols is 1. The molecule has 2 aromatic carbocycles. The monoisotopic (exact) mass is 325 g/mol. The molecule has 0 spiro atoms. The molecule has 92 valence electrons. The number of amides is 1. The normalized spacial score (nSPS) is 10.1. The van der Waals surface area contributed by atoms with Crippen molar-refractivity contribution < 1.29 is 9.90 Å². The number of anilines is 1. The lowest BCUT2D eigenvalue weighted by atomic mass is 10.2. The van der Waals surface area contributed by atoms with Gasteiger partial charge in [-0.25, -0.2) is 0 Å². The highest BCUT2D eigenvalue weighted by Gasteiger charge is 2.11. The van der Waals surface area contributed by atoms with Gasteiger partial charge in [-0.2, -0.15) is 0 Å². The van der Waals surface area contributed by atoms with Gasteiger partial charge in [0.2, 0.25) is 0 Å². The Morgan fingerprint density at radius 3 is 2.50 bits per heavy atom. The molecule has 0 fully saturated rings. The number of hydrogen-bond acceptors (Lipinski definition) is 2. The average molecular weight is 327 g/mol. The van der Waals surface area contributed by atoms with Gasteiger partial charge >= 0.3 is 0 Å². The summed E-state index contributed by atoms with van der Waals surface area (Å²) in [5, 5.41) is 12.3. The lowest BCUT2D eigenvalue weighted by Crippen LogP contribution is -2.12. The second kappa shape index (κ2) is 5.42. The summed E-state index contributed by atoms with van der Waals surface area (Å²) >= 11 is 9.21. The third kappa shape index (κ3) is 3.03. The lowest BCUT2D eigenvalue weighted by molar-refractivity contribution is 0.102. The van der Waals surface area contributed by atoms with E-state index in [1.807, 2.05) is 12.1 Å². The molecule has 18 heavy (non-hydrogen) atoms. The Kier molecular flexibility index (Phi) is 3.89. The zero-order valence-electron chi connectivity index (χ0n) is 9.15. The molecule has 0 aliphatic rings. The fourth-order valence-electron chi connectivity index (χ4n) is 1.42. The predicted octanol–water partition coefficient (Wildman–Crippen LogP) is 4.06. The number of carbonyl (C=O) groups is 1. The quantitative estimate of drug-likeness (QED) is 0.874. The van der Waals surface area contributed by atoms with Gasteiger partial charge in [-0.05, 0) is 42.5 Å². The van der Waals surface area contributed by atoms with Gasteiger partial charge in [-0.15, -0.1) is 0 Å². The lowest BCUT2D eigenvalue weighted by Gasteiger charge is -2.07. The third-order valence-corrected chi connectivity index (χ3v) is 3.15. The van der Waals surface area contributed by atoms with Crippen LogP contribution in [0.1, 0.15) is 10.4 Å². The molecule has 2 N–H and O–H groups in total. The molecular weight excluding hydrogens is 318 g/mol.